The van der Waals surface area contributed by atoms with E-state index >= 15 is 0 Å². The summed E-state index contributed by atoms with van der Waals surface area (Å²) >= 11 is 0. The highest BCUT2D eigenvalue weighted by atomic mass is 16.4. The Hall–Kier alpha value is -3.14. The maximum atomic E-state index is 11.5. The Morgan fingerprint density at radius 3 is 2.30 bits per heavy atom. The topological polar surface area (TPSA) is 105 Å². The van der Waals surface area contributed by atoms with Gasteiger partial charge in [0, 0.05) is 29.7 Å². The van der Waals surface area contributed by atoms with Gasteiger partial charge in [0.25, 0.3) is 0 Å². The predicted molar refractivity (Wildman–Crippen MR) is 86.9 cm³/mol. The summed E-state index contributed by atoms with van der Waals surface area (Å²) in [6.45, 7) is 5.43. The largest absolute Gasteiger partial charge is 0.465 e. The van der Waals surface area contributed by atoms with Gasteiger partial charge in [-0.25, -0.2) is 14.8 Å². The molecule has 0 unspecified atom stereocenters. The van der Waals surface area contributed by atoms with Crippen LogP contribution in [-0.2, 0) is 0 Å². The van der Waals surface area contributed by atoms with Crippen molar-refractivity contribution in [2.75, 3.05) is 10.6 Å². The van der Waals surface area contributed by atoms with Crippen molar-refractivity contribution in [3.63, 3.8) is 0 Å². The van der Waals surface area contributed by atoms with Gasteiger partial charge >= 0.3 is 6.09 Å². The third-order valence-corrected chi connectivity index (χ3v) is 2.87. The average Bonchev–Trinajstić information content (AvgIpc) is 2.45. The second kappa shape index (κ2) is 6.32. The van der Waals surface area contributed by atoms with Crippen LogP contribution in [0.15, 0.2) is 30.9 Å². The summed E-state index contributed by atoms with van der Waals surface area (Å²) in [7, 11) is 0. The Morgan fingerprint density at radius 2 is 1.74 bits per heavy atom. The molecule has 0 fully saturated rings. The van der Waals surface area contributed by atoms with Gasteiger partial charge in [0.1, 0.15) is 0 Å². The molecule has 7 heteroatoms. The van der Waals surface area contributed by atoms with Crippen LogP contribution in [-0.4, -0.2) is 31.7 Å². The Labute approximate surface area is 134 Å². The second-order valence-electron chi connectivity index (χ2n) is 5.80. The van der Waals surface area contributed by atoms with E-state index < -0.39 is 11.6 Å². The molecule has 2 rings (SSSR count). The lowest BCUT2D eigenvalue weighted by Gasteiger charge is -2.32. The van der Waals surface area contributed by atoms with Gasteiger partial charge in [-0.05, 0) is 26.8 Å². The number of hydrogen-bond acceptors (Lipinski definition) is 5. The number of nitrogens with two attached hydrogens (primary N) is 1. The normalized spacial score (nSPS) is 10.6. The van der Waals surface area contributed by atoms with Crippen LogP contribution in [0.1, 0.15) is 31.9 Å². The van der Waals surface area contributed by atoms with Gasteiger partial charge in [-0.2, -0.15) is 0 Å². The summed E-state index contributed by atoms with van der Waals surface area (Å²) < 4.78 is 0. The SMILES string of the molecule is CC(C)(C)N(C(=O)O)c1cncc(C#Cc2cnc(N)nc2)c1. The highest BCUT2D eigenvalue weighted by Gasteiger charge is 2.28. The van der Waals surface area contributed by atoms with Gasteiger partial charge in [0.15, 0.2) is 0 Å². The summed E-state index contributed by atoms with van der Waals surface area (Å²) in [5, 5.41) is 9.42. The van der Waals surface area contributed by atoms with Gasteiger partial charge in [-0.15, -0.1) is 0 Å². The molecule has 118 valence electrons. The fourth-order valence-corrected chi connectivity index (χ4v) is 1.95. The van der Waals surface area contributed by atoms with Crippen molar-refractivity contribution < 1.29 is 9.90 Å². The summed E-state index contributed by atoms with van der Waals surface area (Å²) in [5.74, 6) is 5.98. The number of nitrogens with zero attached hydrogens (tertiary/aromatic N) is 4. The summed E-state index contributed by atoms with van der Waals surface area (Å²) in [6.07, 6.45) is 5.06. The van der Waals surface area contributed by atoms with Gasteiger partial charge in [0.2, 0.25) is 5.95 Å². The zero-order valence-corrected chi connectivity index (χ0v) is 13.1. The molecule has 23 heavy (non-hydrogen) atoms. The molecule has 0 atom stereocenters. The molecule has 0 aliphatic carbocycles. The van der Waals surface area contributed by atoms with Crippen molar-refractivity contribution in [1.82, 2.24) is 15.0 Å². The zero-order valence-electron chi connectivity index (χ0n) is 13.1. The fourth-order valence-electron chi connectivity index (χ4n) is 1.95. The monoisotopic (exact) mass is 311 g/mol. The fraction of sp³-hybridized carbons (Fsp3) is 0.250. The first-order valence-electron chi connectivity index (χ1n) is 6.85. The molecule has 0 radical (unpaired) electrons. The van der Waals surface area contributed by atoms with E-state index in [1.54, 1.807) is 12.3 Å². The minimum atomic E-state index is -1.05. The molecule has 0 aliphatic rings. The lowest BCUT2D eigenvalue weighted by molar-refractivity contribution is 0.195. The number of amides is 1. The lowest BCUT2D eigenvalue weighted by Crippen LogP contribution is -2.45. The van der Waals surface area contributed by atoms with E-state index in [-0.39, 0.29) is 5.95 Å². The molecule has 0 saturated heterocycles. The average molecular weight is 311 g/mol. The number of rotatable bonds is 1. The number of nitrogen functional groups attached to an aromatic ring is 1. The van der Waals surface area contributed by atoms with Crippen molar-refractivity contribution in [3.05, 3.63) is 42.0 Å². The first-order valence-corrected chi connectivity index (χ1v) is 6.85. The van der Waals surface area contributed by atoms with E-state index in [0.717, 1.165) is 0 Å². The smallest absolute Gasteiger partial charge is 0.412 e. The Kier molecular flexibility index (Phi) is 4.46. The third-order valence-electron chi connectivity index (χ3n) is 2.87. The summed E-state index contributed by atoms with van der Waals surface area (Å²) in [6, 6.07) is 1.68. The number of aromatic nitrogens is 3. The van der Waals surface area contributed by atoms with E-state index in [2.05, 4.69) is 26.8 Å². The van der Waals surface area contributed by atoms with Crippen LogP contribution in [0, 0.1) is 11.8 Å². The predicted octanol–water partition coefficient (Wildman–Crippen LogP) is 2.14. The Balaban J connectivity index is 2.33. The quantitative estimate of drug-likeness (QED) is 0.782. The van der Waals surface area contributed by atoms with Crippen molar-refractivity contribution in [2.45, 2.75) is 26.3 Å². The number of carboxylic acid groups (broad SMARTS) is 1. The van der Waals surface area contributed by atoms with Crippen molar-refractivity contribution in [3.8, 4) is 11.8 Å². The molecule has 7 nitrogen and oxygen atoms in total. The third kappa shape index (κ3) is 4.17. The molecule has 2 aromatic heterocycles. The van der Waals surface area contributed by atoms with E-state index in [9.17, 15) is 9.90 Å². The first-order chi connectivity index (χ1) is 10.8. The summed E-state index contributed by atoms with van der Waals surface area (Å²) in [4.78, 5) is 24.5. The summed E-state index contributed by atoms with van der Waals surface area (Å²) in [5.41, 5.74) is 6.48. The van der Waals surface area contributed by atoms with E-state index in [1.165, 1.54) is 23.5 Å². The maximum absolute atomic E-state index is 11.5. The molecule has 0 aromatic carbocycles. The number of hydrogen-bond donors (Lipinski definition) is 2. The van der Waals surface area contributed by atoms with Crippen molar-refractivity contribution in [1.29, 1.82) is 0 Å². The van der Waals surface area contributed by atoms with E-state index in [1.807, 2.05) is 20.8 Å². The molecule has 3 N–H and O–H groups in total. The van der Waals surface area contributed by atoms with Crippen molar-refractivity contribution in [2.24, 2.45) is 0 Å². The minimum absolute atomic E-state index is 0.182. The first kappa shape index (κ1) is 16.2. The maximum Gasteiger partial charge on any atom is 0.412 e. The lowest BCUT2D eigenvalue weighted by atomic mass is 10.1. The van der Waals surface area contributed by atoms with Crippen LogP contribution in [0.2, 0.25) is 0 Å². The molecule has 0 saturated carbocycles. The van der Waals surface area contributed by atoms with Gasteiger partial charge < -0.3 is 10.8 Å². The molecule has 0 bridgehead atoms. The standard InChI is InChI=1S/C16H17N5O2/c1-16(2,3)21(15(22)23)13-6-11(7-18-10-13)4-5-12-8-19-14(17)20-9-12/h6-10H,1-3H3,(H,22,23)(H2,17,19,20). The van der Waals surface area contributed by atoms with Crippen LogP contribution in [0.25, 0.3) is 0 Å². The Morgan fingerprint density at radius 1 is 1.13 bits per heavy atom. The number of pyridine rings is 1. The molecular weight excluding hydrogens is 294 g/mol. The minimum Gasteiger partial charge on any atom is -0.465 e. The van der Waals surface area contributed by atoms with Crippen LogP contribution >= 0.6 is 0 Å². The number of anilines is 2. The molecular formula is C16H17N5O2. The highest BCUT2D eigenvalue weighted by Crippen LogP contribution is 2.23. The van der Waals surface area contributed by atoms with Gasteiger partial charge in [-0.3, -0.25) is 9.88 Å². The van der Waals surface area contributed by atoms with Crippen LogP contribution in [0.5, 0.6) is 0 Å². The Bertz CT molecular complexity index is 770. The highest BCUT2D eigenvalue weighted by molar-refractivity contribution is 5.87. The molecule has 0 aliphatic heterocycles. The van der Waals surface area contributed by atoms with Crippen LogP contribution < -0.4 is 10.6 Å². The van der Waals surface area contributed by atoms with Gasteiger partial charge in [0.05, 0.1) is 17.4 Å². The molecule has 0 spiro atoms. The van der Waals surface area contributed by atoms with Crippen LogP contribution in [0.4, 0.5) is 16.4 Å². The van der Waals surface area contributed by atoms with Gasteiger partial charge in [-0.1, -0.05) is 11.8 Å². The molecule has 2 aromatic rings. The van der Waals surface area contributed by atoms with E-state index in [4.69, 9.17) is 5.73 Å². The molecule has 2 heterocycles. The number of carbonyl (C=O) groups is 1. The van der Waals surface area contributed by atoms with E-state index in [0.29, 0.717) is 16.8 Å². The van der Waals surface area contributed by atoms with Crippen LogP contribution in [0.3, 0.4) is 0 Å². The second-order valence-corrected chi connectivity index (χ2v) is 5.80. The zero-order chi connectivity index (χ0) is 17.0. The molecule has 1 amide bonds. The van der Waals surface area contributed by atoms with Crippen molar-refractivity contribution >= 4 is 17.7 Å².